The van der Waals surface area contributed by atoms with E-state index in [0.29, 0.717) is 12.6 Å². The van der Waals surface area contributed by atoms with Crippen LogP contribution in [0.4, 0.5) is 0 Å². The Bertz CT molecular complexity index is 512. The molecule has 5 heteroatoms. The van der Waals surface area contributed by atoms with Gasteiger partial charge in [-0.25, -0.2) is 4.79 Å². The van der Waals surface area contributed by atoms with E-state index in [-0.39, 0.29) is 5.69 Å². The Morgan fingerprint density at radius 3 is 2.88 bits per heavy atom. The van der Waals surface area contributed by atoms with Gasteiger partial charge in [0.15, 0.2) is 0 Å². The molecule has 0 saturated heterocycles. The van der Waals surface area contributed by atoms with E-state index in [1.807, 2.05) is 6.20 Å². The lowest BCUT2D eigenvalue weighted by Gasteiger charge is -2.11. The van der Waals surface area contributed by atoms with Crippen LogP contribution in [-0.4, -0.2) is 15.7 Å². The molecular weight excluding hydrogens is 234 g/mol. The van der Waals surface area contributed by atoms with E-state index in [9.17, 15) is 4.79 Å². The molecule has 1 N–H and O–H groups in total. The lowest BCUT2D eigenvalue weighted by molar-refractivity contribution is 0.526. The maximum absolute atomic E-state index is 11.6. The molecule has 0 aliphatic rings. The van der Waals surface area contributed by atoms with Crippen molar-refractivity contribution in [2.24, 2.45) is 7.05 Å². The first-order chi connectivity index (χ1) is 8.18. The largest absolute Gasteiger partial charge is 0.327 e. The third kappa shape index (κ3) is 2.87. The number of hydrogen-bond donors (Lipinski definition) is 1. The van der Waals surface area contributed by atoms with Crippen molar-refractivity contribution in [1.82, 2.24) is 14.5 Å². The summed E-state index contributed by atoms with van der Waals surface area (Å²) in [6.07, 6.45) is 3.60. The van der Waals surface area contributed by atoms with E-state index < -0.39 is 0 Å². The van der Waals surface area contributed by atoms with Crippen LogP contribution in [0.25, 0.3) is 0 Å². The molecule has 2 heterocycles. The molecule has 0 spiro atoms. The van der Waals surface area contributed by atoms with Crippen LogP contribution < -0.4 is 11.0 Å². The summed E-state index contributed by atoms with van der Waals surface area (Å²) >= 11 is 1.75. The Morgan fingerprint density at radius 2 is 2.29 bits per heavy atom. The number of nitrogens with one attached hydrogen (secondary N) is 1. The summed E-state index contributed by atoms with van der Waals surface area (Å²) in [4.78, 5) is 12.9. The summed E-state index contributed by atoms with van der Waals surface area (Å²) in [5, 5.41) is 5.49. The van der Waals surface area contributed by atoms with E-state index in [4.69, 9.17) is 0 Å². The Balaban J connectivity index is 1.84. The predicted octanol–water partition coefficient (Wildman–Crippen LogP) is 1.60. The predicted molar refractivity (Wildman–Crippen MR) is 70.4 cm³/mol. The quantitative estimate of drug-likeness (QED) is 0.876. The minimum absolute atomic E-state index is 0.0376. The van der Waals surface area contributed by atoms with Gasteiger partial charge in [-0.2, -0.15) is 0 Å². The van der Waals surface area contributed by atoms with Crippen LogP contribution in [0.3, 0.4) is 0 Å². The molecule has 0 radical (unpaired) electrons. The minimum Gasteiger partial charge on any atom is -0.308 e. The Kier molecular flexibility index (Phi) is 3.81. The number of nitrogens with zero attached hydrogens (tertiary/aromatic N) is 2. The van der Waals surface area contributed by atoms with Crippen molar-refractivity contribution in [3.63, 3.8) is 0 Å². The number of thiophene rings is 1. The molecule has 0 amide bonds. The number of imidazole rings is 1. The van der Waals surface area contributed by atoms with Crippen LogP contribution >= 0.6 is 11.3 Å². The first kappa shape index (κ1) is 12.1. The molecule has 0 aliphatic heterocycles. The molecule has 17 heavy (non-hydrogen) atoms. The van der Waals surface area contributed by atoms with Crippen LogP contribution in [0.1, 0.15) is 17.8 Å². The topological polar surface area (TPSA) is 39.0 Å². The fraction of sp³-hybridized carbons (Fsp3) is 0.417. The van der Waals surface area contributed by atoms with Crippen molar-refractivity contribution < 1.29 is 0 Å². The molecule has 0 saturated carbocycles. The third-order valence-electron chi connectivity index (χ3n) is 2.79. The van der Waals surface area contributed by atoms with Gasteiger partial charge in [0.2, 0.25) is 0 Å². The fourth-order valence-corrected chi connectivity index (χ4v) is 2.48. The number of aryl methyl sites for hydroxylation is 1. The van der Waals surface area contributed by atoms with Crippen molar-refractivity contribution >= 4 is 11.3 Å². The van der Waals surface area contributed by atoms with Crippen LogP contribution in [0.5, 0.6) is 0 Å². The zero-order valence-electron chi connectivity index (χ0n) is 10.1. The van der Waals surface area contributed by atoms with Gasteiger partial charge in [-0.3, -0.25) is 4.57 Å². The maximum atomic E-state index is 11.6. The van der Waals surface area contributed by atoms with E-state index in [1.165, 1.54) is 4.88 Å². The van der Waals surface area contributed by atoms with Crippen molar-refractivity contribution in [1.29, 1.82) is 0 Å². The average Bonchev–Trinajstić information content (AvgIpc) is 2.93. The Labute approximate surface area is 105 Å². The molecular formula is C12H17N3OS. The second kappa shape index (κ2) is 5.33. The van der Waals surface area contributed by atoms with Crippen LogP contribution in [0.15, 0.2) is 34.7 Å². The summed E-state index contributed by atoms with van der Waals surface area (Å²) < 4.78 is 3.30. The molecule has 1 unspecified atom stereocenters. The van der Waals surface area contributed by atoms with E-state index in [2.05, 4.69) is 29.8 Å². The second-order valence-electron chi connectivity index (χ2n) is 4.08. The Hall–Kier alpha value is -1.33. The smallest absolute Gasteiger partial charge is 0.308 e. The fourth-order valence-electron chi connectivity index (χ4n) is 1.72. The lowest BCUT2D eigenvalue weighted by Crippen LogP contribution is -2.28. The molecule has 2 aromatic heterocycles. The van der Waals surface area contributed by atoms with Gasteiger partial charge >= 0.3 is 5.69 Å². The van der Waals surface area contributed by atoms with Gasteiger partial charge in [-0.1, -0.05) is 6.07 Å². The summed E-state index contributed by atoms with van der Waals surface area (Å²) in [7, 11) is 1.76. The highest BCUT2D eigenvalue weighted by molar-refractivity contribution is 7.10. The number of rotatable bonds is 5. The second-order valence-corrected chi connectivity index (χ2v) is 5.06. The van der Waals surface area contributed by atoms with Crippen molar-refractivity contribution in [3.05, 3.63) is 45.3 Å². The standard InChI is InChI=1S/C12H17N3OS/c1-10(11-4-3-9-17-11)13-5-6-15-8-7-14(2)12(15)16/h3-4,7-10,13H,5-6H2,1-2H3. The molecule has 4 nitrogen and oxygen atoms in total. The van der Waals surface area contributed by atoms with Crippen LogP contribution in [0.2, 0.25) is 0 Å². The lowest BCUT2D eigenvalue weighted by atomic mass is 10.3. The van der Waals surface area contributed by atoms with Crippen molar-refractivity contribution in [3.8, 4) is 0 Å². The zero-order chi connectivity index (χ0) is 12.3. The molecule has 92 valence electrons. The van der Waals surface area contributed by atoms with Gasteiger partial charge in [0.05, 0.1) is 0 Å². The van der Waals surface area contributed by atoms with Crippen LogP contribution in [-0.2, 0) is 13.6 Å². The third-order valence-corrected chi connectivity index (χ3v) is 3.85. The van der Waals surface area contributed by atoms with E-state index >= 15 is 0 Å². The summed E-state index contributed by atoms with van der Waals surface area (Å²) in [5.74, 6) is 0. The van der Waals surface area contributed by atoms with Gasteiger partial charge in [-0.15, -0.1) is 11.3 Å². The molecule has 0 fully saturated rings. The van der Waals surface area contributed by atoms with Crippen molar-refractivity contribution in [2.45, 2.75) is 19.5 Å². The summed E-state index contributed by atoms with van der Waals surface area (Å²) in [5.41, 5.74) is 0.0376. The van der Waals surface area contributed by atoms with Gasteiger partial charge in [0.1, 0.15) is 0 Å². The molecule has 0 aromatic carbocycles. The van der Waals surface area contributed by atoms with Gasteiger partial charge in [0.25, 0.3) is 0 Å². The normalized spacial score (nSPS) is 12.8. The number of aromatic nitrogens is 2. The summed E-state index contributed by atoms with van der Waals surface area (Å²) in [6.45, 7) is 3.64. The summed E-state index contributed by atoms with van der Waals surface area (Å²) in [6, 6.07) is 4.52. The van der Waals surface area contributed by atoms with E-state index in [0.717, 1.165) is 6.54 Å². The van der Waals surface area contributed by atoms with E-state index in [1.54, 1.807) is 33.7 Å². The maximum Gasteiger partial charge on any atom is 0.327 e. The highest BCUT2D eigenvalue weighted by Crippen LogP contribution is 2.17. The zero-order valence-corrected chi connectivity index (χ0v) is 10.9. The van der Waals surface area contributed by atoms with Crippen molar-refractivity contribution in [2.75, 3.05) is 6.54 Å². The van der Waals surface area contributed by atoms with Gasteiger partial charge < -0.3 is 9.88 Å². The molecule has 0 bridgehead atoms. The SMILES string of the molecule is CC(NCCn1ccn(C)c1=O)c1cccs1. The van der Waals surface area contributed by atoms with Gasteiger partial charge in [-0.05, 0) is 18.4 Å². The molecule has 1 atom stereocenters. The minimum atomic E-state index is 0.0376. The first-order valence-electron chi connectivity index (χ1n) is 5.67. The monoisotopic (exact) mass is 251 g/mol. The number of hydrogen-bond acceptors (Lipinski definition) is 3. The average molecular weight is 251 g/mol. The Morgan fingerprint density at radius 1 is 1.47 bits per heavy atom. The molecule has 2 aromatic rings. The first-order valence-corrected chi connectivity index (χ1v) is 6.55. The highest BCUT2D eigenvalue weighted by atomic mass is 32.1. The van der Waals surface area contributed by atoms with Crippen LogP contribution in [0, 0.1) is 0 Å². The van der Waals surface area contributed by atoms with Gasteiger partial charge in [0, 0.05) is 43.4 Å². The molecule has 2 rings (SSSR count). The molecule has 0 aliphatic carbocycles. The highest BCUT2D eigenvalue weighted by Gasteiger charge is 2.05.